The summed E-state index contributed by atoms with van der Waals surface area (Å²) in [6, 6.07) is 18.8. The second kappa shape index (κ2) is 8.26. The number of aryl methyl sites for hydroxylation is 2. The maximum absolute atomic E-state index is 6.04. The summed E-state index contributed by atoms with van der Waals surface area (Å²) in [7, 11) is 0. The Morgan fingerprint density at radius 3 is 2.41 bits per heavy atom. The molecule has 3 rings (SSSR count). The van der Waals surface area contributed by atoms with Crippen molar-refractivity contribution in [2.24, 2.45) is 0 Å². The second-order valence-corrected chi connectivity index (χ2v) is 9.70. The SMILES string of the molecule is Cc1ccc(-c2cc(COc3cccc(CSC(C)(C)C)c3)c(C)o2)cc1. The Bertz CT molecular complexity index is 885. The van der Waals surface area contributed by atoms with Gasteiger partial charge in [-0.15, -0.1) is 0 Å². The number of rotatable bonds is 6. The average molecular weight is 381 g/mol. The van der Waals surface area contributed by atoms with Crippen LogP contribution in [0.5, 0.6) is 5.75 Å². The van der Waals surface area contributed by atoms with Gasteiger partial charge in [0.2, 0.25) is 0 Å². The van der Waals surface area contributed by atoms with Crippen LogP contribution in [0, 0.1) is 13.8 Å². The van der Waals surface area contributed by atoms with Crippen LogP contribution in [0.1, 0.15) is 43.2 Å². The summed E-state index contributed by atoms with van der Waals surface area (Å²) in [6.07, 6.45) is 0. The Morgan fingerprint density at radius 2 is 1.70 bits per heavy atom. The Labute approximate surface area is 166 Å². The zero-order valence-corrected chi connectivity index (χ0v) is 17.7. The van der Waals surface area contributed by atoms with Gasteiger partial charge in [0.1, 0.15) is 23.9 Å². The van der Waals surface area contributed by atoms with Crippen molar-refractivity contribution in [3.8, 4) is 17.1 Å². The molecule has 1 heterocycles. The first-order chi connectivity index (χ1) is 12.8. The lowest BCUT2D eigenvalue weighted by Crippen LogP contribution is -2.07. The standard InChI is InChI=1S/C24H28O2S/c1-17-9-11-20(12-10-17)23-14-21(18(2)26-23)15-25-22-8-6-7-19(13-22)16-27-24(3,4)5/h6-14H,15-16H2,1-5H3. The molecule has 3 heteroatoms. The van der Waals surface area contributed by atoms with Crippen molar-refractivity contribution in [1.29, 1.82) is 0 Å². The lowest BCUT2D eigenvalue weighted by atomic mass is 10.1. The Hall–Kier alpha value is -2.13. The molecule has 0 saturated heterocycles. The number of hydrogen-bond donors (Lipinski definition) is 0. The number of thioether (sulfide) groups is 1. The second-order valence-electron chi connectivity index (χ2n) is 7.90. The number of furan rings is 1. The van der Waals surface area contributed by atoms with Crippen LogP contribution in [0.15, 0.2) is 59.0 Å². The van der Waals surface area contributed by atoms with Crippen molar-refractivity contribution in [1.82, 2.24) is 0 Å². The van der Waals surface area contributed by atoms with Gasteiger partial charge in [-0.2, -0.15) is 11.8 Å². The van der Waals surface area contributed by atoms with Gasteiger partial charge in [0.25, 0.3) is 0 Å². The smallest absolute Gasteiger partial charge is 0.134 e. The Kier molecular flexibility index (Phi) is 6.01. The van der Waals surface area contributed by atoms with E-state index in [2.05, 4.69) is 76.2 Å². The molecule has 0 aliphatic rings. The first-order valence-corrected chi connectivity index (χ1v) is 10.3. The maximum atomic E-state index is 6.04. The van der Waals surface area contributed by atoms with Crippen LogP contribution in [-0.4, -0.2) is 4.75 Å². The first kappa shape index (κ1) is 19.6. The summed E-state index contributed by atoms with van der Waals surface area (Å²) in [5, 5.41) is 0. The van der Waals surface area contributed by atoms with Crippen molar-refractivity contribution in [2.45, 2.75) is 51.7 Å². The molecule has 0 bridgehead atoms. The summed E-state index contributed by atoms with van der Waals surface area (Å²) in [5.74, 6) is 3.69. The van der Waals surface area contributed by atoms with Crippen molar-refractivity contribution < 1.29 is 9.15 Å². The molecule has 3 aromatic rings. The summed E-state index contributed by atoms with van der Waals surface area (Å²) in [4.78, 5) is 0. The first-order valence-electron chi connectivity index (χ1n) is 9.32. The minimum Gasteiger partial charge on any atom is -0.489 e. The van der Waals surface area contributed by atoms with Crippen molar-refractivity contribution >= 4 is 11.8 Å². The summed E-state index contributed by atoms with van der Waals surface area (Å²) in [6.45, 7) is 11.3. The molecular weight excluding hydrogens is 352 g/mol. The molecule has 0 N–H and O–H groups in total. The fourth-order valence-corrected chi connectivity index (χ4v) is 3.49. The predicted molar refractivity (Wildman–Crippen MR) is 115 cm³/mol. The highest BCUT2D eigenvalue weighted by Gasteiger charge is 2.12. The fourth-order valence-electron chi connectivity index (χ4n) is 2.71. The number of ether oxygens (including phenoxy) is 1. The molecule has 0 amide bonds. The lowest BCUT2D eigenvalue weighted by molar-refractivity contribution is 0.303. The van der Waals surface area contributed by atoms with Crippen molar-refractivity contribution in [2.75, 3.05) is 0 Å². The van der Waals surface area contributed by atoms with E-state index in [0.29, 0.717) is 6.61 Å². The van der Waals surface area contributed by atoms with Gasteiger partial charge >= 0.3 is 0 Å². The third-order valence-corrected chi connectivity index (χ3v) is 5.66. The van der Waals surface area contributed by atoms with E-state index < -0.39 is 0 Å². The molecule has 0 unspecified atom stereocenters. The van der Waals surface area contributed by atoms with Crippen LogP contribution >= 0.6 is 11.8 Å². The fraction of sp³-hybridized carbons (Fsp3) is 0.333. The van der Waals surface area contributed by atoms with Gasteiger partial charge in [-0.05, 0) is 37.6 Å². The van der Waals surface area contributed by atoms with Crippen LogP contribution in [-0.2, 0) is 12.4 Å². The number of benzene rings is 2. The van der Waals surface area contributed by atoms with Gasteiger partial charge in [-0.3, -0.25) is 0 Å². The molecule has 2 aromatic carbocycles. The summed E-state index contributed by atoms with van der Waals surface area (Å²) < 4.78 is 12.3. The number of hydrogen-bond acceptors (Lipinski definition) is 3. The maximum Gasteiger partial charge on any atom is 0.134 e. The highest BCUT2D eigenvalue weighted by atomic mass is 32.2. The van der Waals surface area contributed by atoms with Gasteiger partial charge in [0.15, 0.2) is 0 Å². The molecule has 0 saturated carbocycles. The quantitative estimate of drug-likeness (QED) is 0.452. The van der Waals surface area contributed by atoms with E-state index in [-0.39, 0.29) is 4.75 Å². The zero-order valence-electron chi connectivity index (χ0n) is 16.8. The summed E-state index contributed by atoms with van der Waals surface area (Å²) >= 11 is 1.94. The van der Waals surface area contributed by atoms with E-state index in [4.69, 9.17) is 9.15 Å². The van der Waals surface area contributed by atoms with Crippen LogP contribution < -0.4 is 4.74 Å². The monoisotopic (exact) mass is 380 g/mol. The highest BCUT2D eigenvalue weighted by molar-refractivity contribution is 7.99. The lowest BCUT2D eigenvalue weighted by Gasteiger charge is -2.17. The van der Waals surface area contributed by atoms with Gasteiger partial charge in [-0.25, -0.2) is 0 Å². The summed E-state index contributed by atoms with van der Waals surface area (Å²) in [5.41, 5.74) is 4.71. The highest BCUT2D eigenvalue weighted by Crippen LogP contribution is 2.29. The molecule has 0 radical (unpaired) electrons. The molecule has 0 spiro atoms. The molecule has 2 nitrogen and oxygen atoms in total. The van der Waals surface area contributed by atoms with E-state index in [1.807, 2.05) is 24.8 Å². The normalized spacial score (nSPS) is 11.6. The zero-order chi connectivity index (χ0) is 19.4. The molecule has 0 aliphatic heterocycles. The molecule has 142 valence electrons. The Balaban J connectivity index is 1.66. The van der Waals surface area contributed by atoms with Gasteiger partial charge in [0, 0.05) is 21.6 Å². The molecule has 0 atom stereocenters. The molecular formula is C24H28O2S. The van der Waals surface area contributed by atoms with Crippen molar-refractivity contribution in [3.63, 3.8) is 0 Å². The largest absolute Gasteiger partial charge is 0.489 e. The molecule has 27 heavy (non-hydrogen) atoms. The Morgan fingerprint density at radius 1 is 0.963 bits per heavy atom. The van der Waals surface area contributed by atoms with Crippen LogP contribution in [0.2, 0.25) is 0 Å². The topological polar surface area (TPSA) is 22.4 Å². The van der Waals surface area contributed by atoms with Gasteiger partial charge in [0.05, 0.1) is 0 Å². The van der Waals surface area contributed by atoms with Gasteiger partial charge in [-0.1, -0.05) is 62.7 Å². The molecule has 1 aromatic heterocycles. The van der Waals surface area contributed by atoms with Gasteiger partial charge < -0.3 is 9.15 Å². The third kappa shape index (κ3) is 5.67. The third-order valence-electron chi connectivity index (χ3n) is 4.32. The van der Waals surface area contributed by atoms with E-state index in [9.17, 15) is 0 Å². The van der Waals surface area contributed by atoms with Crippen molar-refractivity contribution in [3.05, 3.63) is 77.0 Å². The van der Waals surface area contributed by atoms with E-state index in [1.54, 1.807) is 0 Å². The average Bonchev–Trinajstić information content (AvgIpc) is 2.99. The molecule has 0 fully saturated rings. The minimum absolute atomic E-state index is 0.261. The van der Waals surface area contributed by atoms with Crippen LogP contribution in [0.3, 0.4) is 0 Å². The van der Waals surface area contributed by atoms with Crippen LogP contribution in [0.4, 0.5) is 0 Å². The van der Waals surface area contributed by atoms with Crippen LogP contribution in [0.25, 0.3) is 11.3 Å². The predicted octanol–water partition coefficient (Wildman–Crippen LogP) is 7.17. The van der Waals surface area contributed by atoms with E-state index >= 15 is 0 Å². The van der Waals surface area contributed by atoms with E-state index in [1.165, 1.54) is 11.1 Å². The van der Waals surface area contributed by atoms with E-state index in [0.717, 1.165) is 34.1 Å². The molecule has 0 aliphatic carbocycles. The minimum atomic E-state index is 0.261.